The van der Waals surface area contributed by atoms with E-state index < -0.39 is 12.0 Å². The highest BCUT2D eigenvalue weighted by atomic mass is 32.2. The lowest BCUT2D eigenvalue weighted by atomic mass is 10.1. The molecule has 7 nitrogen and oxygen atoms in total. The zero-order valence-corrected chi connectivity index (χ0v) is 19.8. The average Bonchev–Trinajstić information content (AvgIpc) is 3.29. The Hall–Kier alpha value is -3.65. The second-order valence-corrected chi connectivity index (χ2v) is 9.32. The SMILES string of the molecule is CC(C)COC(=O)C(CSc1ccccc1)NC(=O)c1ccc2nc(-c3ccncc3)[nH]c2c1. The number of thioether (sulfide) groups is 1. The smallest absolute Gasteiger partial charge is 0.329 e. The molecule has 2 heterocycles. The fourth-order valence-corrected chi connectivity index (χ4v) is 4.18. The number of amides is 1. The Morgan fingerprint density at radius 3 is 2.56 bits per heavy atom. The number of ether oxygens (including phenoxy) is 1. The molecule has 1 atom stereocenters. The molecule has 0 bridgehead atoms. The van der Waals surface area contributed by atoms with Gasteiger partial charge in [-0.1, -0.05) is 32.0 Å². The molecule has 1 unspecified atom stereocenters. The molecule has 2 N–H and O–H groups in total. The highest BCUT2D eigenvalue weighted by Gasteiger charge is 2.24. The Labute approximate surface area is 202 Å². The number of benzene rings is 2. The van der Waals surface area contributed by atoms with Gasteiger partial charge in [-0.05, 0) is 48.4 Å². The van der Waals surface area contributed by atoms with Gasteiger partial charge in [0.1, 0.15) is 11.9 Å². The van der Waals surface area contributed by atoms with Crippen molar-refractivity contribution >= 4 is 34.7 Å². The number of carbonyl (C=O) groups is 2. The Kier molecular flexibility index (Phi) is 7.59. The van der Waals surface area contributed by atoms with Crippen LogP contribution in [0.3, 0.4) is 0 Å². The number of aromatic amines is 1. The van der Waals surface area contributed by atoms with Crippen molar-refractivity contribution in [2.24, 2.45) is 5.92 Å². The Morgan fingerprint density at radius 1 is 1.06 bits per heavy atom. The number of hydrogen-bond donors (Lipinski definition) is 2. The van der Waals surface area contributed by atoms with Crippen molar-refractivity contribution in [3.8, 4) is 11.4 Å². The average molecular weight is 475 g/mol. The Balaban J connectivity index is 1.50. The molecule has 0 aliphatic carbocycles. The molecule has 174 valence electrons. The Bertz CT molecular complexity index is 1260. The summed E-state index contributed by atoms with van der Waals surface area (Å²) in [5.74, 6) is 0.490. The Morgan fingerprint density at radius 2 is 1.82 bits per heavy atom. The normalized spacial score (nSPS) is 12.0. The molecule has 1 amide bonds. The number of nitrogens with zero attached hydrogens (tertiary/aromatic N) is 2. The molecule has 0 aliphatic rings. The summed E-state index contributed by atoms with van der Waals surface area (Å²) < 4.78 is 5.43. The summed E-state index contributed by atoms with van der Waals surface area (Å²) in [6.07, 6.45) is 3.40. The van der Waals surface area contributed by atoms with E-state index in [2.05, 4.69) is 20.3 Å². The number of esters is 1. The molecular formula is C26H26N4O3S. The van der Waals surface area contributed by atoms with Gasteiger partial charge in [-0.3, -0.25) is 9.78 Å². The van der Waals surface area contributed by atoms with E-state index >= 15 is 0 Å². The van der Waals surface area contributed by atoms with Crippen molar-refractivity contribution in [3.05, 3.63) is 78.6 Å². The van der Waals surface area contributed by atoms with E-state index in [0.29, 0.717) is 23.7 Å². The number of carbonyl (C=O) groups excluding carboxylic acids is 2. The van der Waals surface area contributed by atoms with Gasteiger partial charge in [-0.25, -0.2) is 9.78 Å². The van der Waals surface area contributed by atoms with Crippen molar-refractivity contribution in [1.29, 1.82) is 0 Å². The number of pyridine rings is 1. The van der Waals surface area contributed by atoms with Crippen LogP contribution in [0.1, 0.15) is 24.2 Å². The monoisotopic (exact) mass is 474 g/mol. The van der Waals surface area contributed by atoms with Gasteiger partial charge < -0.3 is 15.0 Å². The second-order valence-electron chi connectivity index (χ2n) is 8.23. The molecule has 0 fully saturated rings. The number of imidazole rings is 1. The quantitative estimate of drug-likeness (QED) is 0.269. The lowest BCUT2D eigenvalue weighted by Crippen LogP contribution is -2.44. The van der Waals surface area contributed by atoms with Gasteiger partial charge in [0.15, 0.2) is 0 Å². The van der Waals surface area contributed by atoms with Crippen LogP contribution in [0.5, 0.6) is 0 Å². The van der Waals surface area contributed by atoms with E-state index in [1.807, 2.05) is 56.3 Å². The van der Waals surface area contributed by atoms with Crippen molar-refractivity contribution < 1.29 is 14.3 Å². The fraction of sp³-hybridized carbons (Fsp3) is 0.231. The first-order valence-electron chi connectivity index (χ1n) is 11.0. The summed E-state index contributed by atoms with van der Waals surface area (Å²) >= 11 is 1.49. The molecule has 4 rings (SSSR count). The minimum Gasteiger partial charge on any atom is -0.464 e. The lowest BCUT2D eigenvalue weighted by molar-refractivity contribution is -0.146. The van der Waals surface area contributed by atoms with Crippen LogP contribution in [0.25, 0.3) is 22.4 Å². The van der Waals surface area contributed by atoms with Crippen LogP contribution in [0.2, 0.25) is 0 Å². The van der Waals surface area contributed by atoms with Gasteiger partial charge in [0.25, 0.3) is 5.91 Å². The number of hydrogen-bond acceptors (Lipinski definition) is 6. The molecule has 2 aromatic heterocycles. The van der Waals surface area contributed by atoms with E-state index in [0.717, 1.165) is 21.5 Å². The molecule has 0 saturated heterocycles. The minimum absolute atomic E-state index is 0.208. The summed E-state index contributed by atoms with van der Waals surface area (Å²) in [7, 11) is 0. The van der Waals surface area contributed by atoms with Crippen LogP contribution in [-0.4, -0.2) is 45.2 Å². The maximum absolute atomic E-state index is 13.1. The minimum atomic E-state index is -0.777. The van der Waals surface area contributed by atoms with Crippen molar-refractivity contribution in [3.63, 3.8) is 0 Å². The highest BCUT2D eigenvalue weighted by Crippen LogP contribution is 2.22. The lowest BCUT2D eigenvalue weighted by Gasteiger charge is -2.18. The third kappa shape index (κ3) is 6.02. The van der Waals surface area contributed by atoms with E-state index in [4.69, 9.17) is 4.74 Å². The fourth-order valence-electron chi connectivity index (χ4n) is 3.25. The van der Waals surface area contributed by atoms with Gasteiger partial charge in [0.05, 0.1) is 17.6 Å². The van der Waals surface area contributed by atoms with Gasteiger partial charge in [-0.15, -0.1) is 11.8 Å². The van der Waals surface area contributed by atoms with E-state index in [9.17, 15) is 9.59 Å². The van der Waals surface area contributed by atoms with Crippen LogP contribution >= 0.6 is 11.8 Å². The maximum Gasteiger partial charge on any atom is 0.329 e. The maximum atomic E-state index is 13.1. The highest BCUT2D eigenvalue weighted by molar-refractivity contribution is 7.99. The summed E-state index contributed by atoms with van der Waals surface area (Å²) in [6.45, 7) is 4.25. The summed E-state index contributed by atoms with van der Waals surface area (Å²) in [5.41, 5.74) is 2.82. The number of nitrogens with one attached hydrogen (secondary N) is 2. The van der Waals surface area contributed by atoms with Gasteiger partial charge >= 0.3 is 5.97 Å². The third-order valence-electron chi connectivity index (χ3n) is 5.01. The molecular weight excluding hydrogens is 448 g/mol. The summed E-state index contributed by atoms with van der Waals surface area (Å²) in [5, 5.41) is 2.85. The summed E-state index contributed by atoms with van der Waals surface area (Å²) in [6, 6.07) is 17.9. The van der Waals surface area contributed by atoms with Gasteiger partial charge in [0.2, 0.25) is 0 Å². The van der Waals surface area contributed by atoms with E-state index in [1.54, 1.807) is 30.6 Å². The second kappa shape index (κ2) is 11.0. The van der Waals surface area contributed by atoms with E-state index in [-0.39, 0.29) is 11.8 Å². The van der Waals surface area contributed by atoms with E-state index in [1.165, 1.54) is 11.8 Å². The van der Waals surface area contributed by atoms with Crippen LogP contribution < -0.4 is 5.32 Å². The summed E-state index contributed by atoms with van der Waals surface area (Å²) in [4.78, 5) is 38.7. The standard InChI is InChI=1S/C26H26N4O3S/c1-17(2)15-33-26(32)23(16-34-20-6-4-3-5-7-20)30-25(31)19-8-9-21-22(14-19)29-24(28-21)18-10-12-27-13-11-18/h3-14,17,23H,15-16H2,1-2H3,(H,28,29)(H,30,31). The first-order valence-corrected chi connectivity index (χ1v) is 12.0. The third-order valence-corrected chi connectivity index (χ3v) is 6.11. The zero-order chi connectivity index (χ0) is 23.9. The molecule has 0 aliphatic heterocycles. The zero-order valence-electron chi connectivity index (χ0n) is 19.0. The van der Waals surface area contributed by atoms with Gasteiger partial charge in [0, 0.05) is 34.2 Å². The molecule has 8 heteroatoms. The van der Waals surface area contributed by atoms with Crippen LogP contribution in [0.15, 0.2) is 78.0 Å². The molecule has 4 aromatic rings. The number of H-pyrrole nitrogens is 1. The predicted molar refractivity (Wildman–Crippen MR) is 134 cm³/mol. The number of aromatic nitrogens is 3. The van der Waals surface area contributed by atoms with Crippen molar-refractivity contribution in [2.45, 2.75) is 24.8 Å². The van der Waals surface area contributed by atoms with Crippen LogP contribution in [-0.2, 0) is 9.53 Å². The van der Waals surface area contributed by atoms with Crippen LogP contribution in [0, 0.1) is 5.92 Å². The number of fused-ring (bicyclic) bond motifs is 1. The number of rotatable bonds is 9. The molecule has 34 heavy (non-hydrogen) atoms. The van der Waals surface area contributed by atoms with Crippen LogP contribution in [0.4, 0.5) is 0 Å². The first kappa shape index (κ1) is 23.5. The molecule has 0 saturated carbocycles. The topological polar surface area (TPSA) is 97.0 Å². The van der Waals surface area contributed by atoms with Gasteiger partial charge in [-0.2, -0.15) is 0 Å². The molecule has 2 aromatic carbocycles. The van der Waals surface area contributed by atoms with Crippen molar-refractivity contribution in [2.75, 3.05) is 12.4 Å². The molecule has 0 spiro atoms. The predicted octanol–water partition coefficient (Wildman–Crippen LogP) is 4.71. The van der Waals surface area contributed by atoms with Crippen molar-refractivity contribution in [1.82, 2.24) is 20.3 Å². The first-order chi connectivity index (χ1) is 16.5. The largest absolute Gasteiger partial charge is 0.464 e. The molecule has 0 radical (unpaired) electrons.